The number of anilines is 1. The highest BCUT2D eigenvalue weighted by Crippen LogP contribution is 2.45. The maximum absolute atomic E-state index is 8.07. The van der Waals surface area contributed by atoms with Gasteiger partial charge in [0, 0.05) is 21.3 Å². The fourth-order valence-corrected chi connectivity index (χ4v) is 3.68. The summed E-state index contributed by atoms with van der Waals surface area (Å²) in [6, 6.07) is 8.37. The lowest BCUT2D eigenvalue weighted by Gasteiger charge is -2.33. The lowest BCUT2D eigenvalue weighted by atomic mass is 9.83. The highest BCUT2D eigenvalue weighted by molar-refractivity contribution is 5.56. The van der Waals surface area contributed by atoms with Crippen LogP contribution in [0, 0.1) is 12.3 Å². The highest BCUT2D eigenvalue weighted by atomic mass is 15.5. The maximum Gasteiger partial charge on any atom is 0.0989 e. The van der Waals surface area contributed by atoms with E-state index < -0.39 is 13.0 Å². The van der Waals surface area contributed by atoms with Crippen molar-refractivity contribution in [3.63, 3.8) is 0 Å². The molecule has 1 saturated heterocycles. The summed E-state index contributed by atoms with van der Waals surface area (Å²) in [6.07, 6.45) is 3.52. The zero-order valence-corrected chi connectivity index (χ0v) is 12.1. The van der Waals surface area contributed by atoms with Gasteiger partial charge in [0.1, 0.15) is 0 Å². The second-order valence-corrected chi connectivity index (χ2v) is 6.34. The van der Waals surface area contributed by atoms with Crippen molar-refractivity contribution in [2.24, 2.45) is 5.41 Å². The van der Waals surface area contributed by atoms with Gasteiger partial charge in [0.2, 0.25) is 0 Å². The normalized spacial score (nSPS) is 34.9. The van der Waals surface area contributed by atoms with E-state index in [0.29, 0.717) is 0 Å². The zero-order valence-electron chi connectivity index (χ0n) is 15.1. The Labute approximate surface area is 120 Å². The Morgan fingerprint density at radius 1 is 1.26 bits per heavy atom. The molecule has 3 rings (SSSR count). The first-order valence-electron chi connectivity index (χ1n) is 8.45. The Hall–Kier alpha value is -1.44. The van der Waals surface area contributed by atoms with Crippen LogP contribution in [0.4, 0.5) is 5.69 Å². The van der Waals surface area contributed by atoms with E-state index >= 15 is 0 Å². The van der Waals surface area contributed by atoms with Gasteiger partial charge in [-0.3, -0.25) is 0 Å². The molecule has 0 saturated carbocycles. The van der Waals surface area contributed by atoms with Gasteiger partial charge in [-0.2, -0.15) is 0 Å². The van der Waals surface area contributed by atoms with E-state index in [1.807, 2.05) is 42.3 Å². The Kier molecular flexibility index (Phi) is 2.00. The molecule has 19 heavy (non-hydrogen) atoms. The minimum absolute atomic E-state index is 0.0274. The van der Waals surface area contributed by atoms with Gasteiger partial charge >= 0.3 is 0 Å². The van der Waals surface area contributed by atoms with Crippen LogP contribution < -0.4 is 4.90 Å². The van der Waals surface area contributed by atoms with Crippen LogP contribution in [0.25, 0.3) is 0 Å². The molecule has 0 aliphatic carbocycles. The number of para-hydroxylation sites is 1. The molecule has 102 valence electrons. The first kappa shape index (κ1) is 9.46. The van der Waals surface area contributed by atoms with Crippen LogP contribution in [0.5, 0.6) is 0 Å². The summed E-state index contributed by atoms with van der Waals surface area (Å²) in [5.41, 5.74) is 2.11. The van der Waals surface area contributed by atoms with E-state index in [4.69, 9.17) is 4.11 Å². The van der Waals surface area contributed by atoms with E-state index in [9.17, 15) is 0 Å². The summed E-state index contributed by atoms with van der Waals surface area (Å²) >= 11 is 0. The molecule has 2 heteroatoms. The molecule has 0 bridgehead atoms. The average Bonchev–Trinajstić information content (AvgIpc) is 2.86. The van der Waals surface area contributed by atoms with Crippen LogP contribution in [0.3, 0.4) is 0 Å². The molecule has 1 aromatic rings. The molecule has 1 aromatic carbocycles. The average molecular weight is 259 g/mol. The summed E-state index contributed by atoms with van der Waals surface area (Å²) in [5.74, 6) is 0. The second-order valence-electron chi connectivity index (χ2n) is 6.34. The summed E-state index contributed by atoms with van der Waals surface area (Å²) in [4.78, 5) is 4.14. The fourth-order valence-electron chi connectivity index (χ4n) is 3.68. The molecule has 0 radical (unpaired) electrons. The lowest BCUT2D eigenvalue weighted by molar-refractivity contribution is 0.215. The topological polar surface area (TPSA) is 6.48 Å². The minimum atomic E-state index is -2.06. The molecule has 1 fully saturated rings. The van der Waals surface area contributed by atoms with E-state index in [1.54, 1.807) is 0 Å². The standard InChI is InChI=1S/C17H24N2/c1-12-8-6-7-9-15(12)19-13(2)16-17(4,5)10-11-18(16)14(19)3/h6-11,13-14,16H,1-5H3/t13-,14?,16?/m0/s1/i3D3. The van der Waals surface area contributed by atoms with Crippen LogP contribution in [-0.2, 0) is 0 Å². The summed E-state index contributed by atoms with van der Waals surface area (Å²) in [6.45, 7) is 6.49. The Morgan fingerprint density at radius 2 is 2.00 bits per heavy atom. The monoisotopic (exact) mass is 259 g/mol. The van der Waals surface area contributed by atoms with Crippen molar-refractivity contribution in [3.8, 4) is 0 Å². The molecule has 2 heterocycles. The molecular weight excluding hydrogens is 232 g/mol. The second kappa shape index (κ2) is 4.03. The number of aryl methyl sites for hydroxylation is 1. The van der Waals surface area contributed by atoms with Crippen molar-refractivity contribution >= 4 is 5.69 Å². The third kappa shape index (κ3) is 1.69. The van der Waals surface area contributed by atoms with Crippen molar-refractivity contribution < 1.29 is 4.11 Å². The van der Waals surface area contributed by atoms with Gasteiger partial charge in [-0.05, 0) is 38.5 Å². The number of hydrogen-bond donors (Lipinski definition) is 0. The Bertz CT molecular complexity index is 606. The van der Waals surface area contributed by atoms with Crippen molar-refractivity contribution in [2.45, 2.75) is 52.8 Å². The highest BCUT2D eigenvalue weighted by Gasteiger charge is 2.50. The minimum Gasteiger partial charge on any atom is -0.352 e. The van der Waals surface area contributed by atoms with Crippen LogP contribution in [0.2, 0.25) is 0 Å². The third-order valence-corrected chi connectivity index (χ3v) is 4.59. The summed E-state index contributed by atoms with van der Waals surface area (Å²) in [7, 11) is 0. The lowest BCUT2D eigenvalue weighted by Crippen LogP contribution is -2.41. The van der Waals surface area contributed by atoms with Gasteiger partial charge in [-0.25, -0.2) is 0 Å². The van der Waals surface area contributed by atoms with E-state index in [-0.39, 0.29) is 17.5 Å². The predicted molar refractivity (Wildman–Crippen MR) is 81.1 cm³/mol. The molecular formula is C17H24N2. The fraction of sp³-hybridized carbons (Fsp3) is 0.529. The van der Waals surface area contributed by atoms with E-state index in [0.717, 1.165) is 11.3 Å². The molecule has 0 spiro atoms. The maximum atomic E-state index is 8.07. The van der Waals surface area contributed by atoms with Crippen molar-refractivity contribution in [3.05, 3.63) is 42.1 Å². The predicted octanol–water partition coefficient (Wildman–Crippen LogP) is 3.77. The van der Waals surface area contributed by atoms with Crippen LogP contribution in [-0.4, -0.2) is 23.1 Å². The molecule has 3 atom stereocenters. The summed E-state index contributed by atoms with van der Waals surface area (Å²) < 4.78 is 24.2. The zero-order chi connectivity index (χ0) is 16.3. The van der Waals surface area contributed by atoms with Crippen molar-refractivity contribution in [1.29, 1.82) is 0 Å². The number of fused-ring (bicyclic) bond motifs is 1. The van der Waals surface area contributed by atoms with Gasteiger partial charge in [0.15, 0.2) is 0 Å². The van der Waals surface area contributed by atoms with E-state index in [1.165, 1.54) is 0 Å². The molecule has 0 amide bonds. The first-order valence-corrected chi connectivity index (χ1v) is 6.95. The van der Waals surface area contributed by atoms with Gasteiger partial charge in [0.05, 0.1) is 12.2 Å². The molecule has 0 N–H and O–H groups in total. The van der Waals surface area contributed by atoms with E-state index in [2.05, 4.69) is 31.7 Å². The largest absolute Gasteiger partial charge is 0.352 e. The number of rotatable bonds is 1. The van der Waals surface area contributed by atoms with Crippen molar-refractivity contribution in [1.82, 2.24) is 4.90 Å². The molecule has 2 unspecified atom stereocenters. The van der Waals surface area contributed by atoms with Crippen LogP contribution in [0.15, 0.2) is 36.5 Å². The first-order chi connectivity index (χ1) is 10.1. The number of nitrogens with zero attached hydrogens (tertiary/aromatic N) is 2. The van der Waals surface area contributed by atoms with Gasteiger partial charge < -0.3 is 9.80 Å². The van der Waals surface area contributed by atoms with Crippen molar-refractivity contribution in [2.75, 3.05) is 4.90 Å². The van der Waals surface area contributed by atoms with Crippen LogP contribution in [0.1, 0.15) is 37.3 Å². The van der Waals surface area contributed by atoms with Gasteiger partial charge in [-0.1, -0.05) is 38.1 Å². The molecule has 2 aliphatic heterocycles. The molecule has 2 aliphatic rings. The molecule has 0 aromatic heterocycles. The van der Waals surface area contributed by atoms with Gasteiger partial charge in [0.25, 0.3) is 0 Å². The Balaban J connectivity index is 2.12. The number of benzene rings is 1. The number of hydrogen-bond acceptors (Lipinski definition) is 2. The SMILES string of the molecule is [2H]C([2H])([2H])C1N2C=CC(C)(C)C2[C@H](C)N1c1ccccc1C. The third-order valence-electron chi connectivity index (χ3n) is 4.59. The Morgan fingerprint density at radius 3 is 2.68 bits per heavy atom. The smallest absolute Gasteiger partial charge is 0.0989 e. The quantitative estimate of drug-likeness (QED) is 0.757. The summed E-state index contributed by atoms with van der Waals surface area (Å²) in [5, 5.41) is 0. The van der Waals surface area contributed by atoms with Gasteiger partial charge in [-0.15, -0.1) is 0 Å². The molecule has 2 nitrogen and oxygen atoms in total. The van der Waals surface area contributed by atoms with Crippen LogP contribution >= 0.6 is 0 Å².